The van der Waals surface area contributed by atoms with Crippen LogP contribution in [0.25, 0.3) is 0 Å². The first-order chi connectivity index (χ1) is 6.81. The second-order valence-electron chi connectivity index (χ2n) is 3.90. The zero-order chi connectivity index (χ0) is 9.97. The number of aromatic amines is 1. The molecule has 0 spiro atoms. The second kappa shape index (κ2) is 4.45. The lowest BCUT2D eigenvalue weighted by molar-refractivity contribution is 0.691. The van der Waals surface area contributed by atoms with Crippen molar-refractivity contribution in [1.29, 1.82) is 0 Å². The Balaban J connectivity index is 2.15. The van der Waals surface area contributed by atoms with Crippen molar-refractivity contribution in [3.63, 3.8) is 0 Å². The lowest BCUT2D eigenvalue weighted by atomic mass is 10.1. The van der Waals surface area contributed by atoms with Crippen LogP contribution in [0.4, 0.5) is 0 Å². The molecule has 14 heavy (non-hydrogen) atoms. The van der Waals surface area contributed by atoms with Crippen LogP contribution in [0.1, 0.15) is 43.1 Å². The maximum absolute atomic E-state index is 4.44. The molecule has 0 aromatic carbocycles. The Hall–Kier alpha value is -0.350. The van der Waals surface area contributed by atoms with E-state index in [1.54, 1.807) is 0 Å². The summed E-state index contributed by atoms with van der Waals surface area (Å²) >= 11 is 3.53. The molecule has 0 unspecified atom stereocenters. The number of H-pyrrole nitrogens is 1. The fourth-order valence-electron chi connectivity index (χ4n) is 2.15. The summed E-state index contributed by atoms with van der Waals surface area (Å²) in [6.45, 7) is 0.811. The topological polar surface area (TPSA) is 40.7 Å². The molecule has 78 valence electrons. The van der Waals surface area contributed by atoms with Gasteiger partial charge in [0, 0.05) is 5.92 Å². The van der Waals surface area contributed by atoms with Crippen LogP contribution in [0, 0.1) is 0 Å². The van der Waals surface area contributed by atoms with Crippen LogP contribution in [-0.4, -0.2) is 17.0 Å². The SMILES string of the molecule is CNCc1nc(Br)c(C2CCCC2)[nH]1. The summed E-state index contributed by atoms with van der Waals surface area (Å²) in [4.78, 5) is 7.85. The smallest absolute Gasteiger partial charge is 0.127 e. The average molecular weight is 258 g/mol. The molecule has 2 rings (SSSR count). The summed E-state index contributed by atoms with van der Waals surface area (Å²) in [7, 11) is 1.94. The number of hydrogen-bond acceptors (Lipinski definition) is 2. The highest BCUT2D eigenvalue weighted by Crippen LogP contribution is 2.36. The molecule has 1 aromatic rings. The maximum Gasteiger partial charge on any atom is 0.127 e. The quantitative estimate of drug-likeness (QED) is 0.874. The lowest BCUT2D eigenvalue weighted by Gasteiger charge is -2.05. The summed E-state index contributed by atoms with van der Waals surface area (Å²) in [6.07, 6.45) is 5.33. The molecular weight excluding hydrogens is 242 g/mol. The van der Waals surface area contributed by atoms with Crippen LogP contribution < -0.4 is 5.32 Å². The van der Waals surface area contributed by atoms with E-state index in [-0.39, 0.29) is 0 Å². The zero-order valence-electron chi connectivity index (χ0n) is 8.44. The van der Waals surface area contributed by atoms with Crippen LogP contribution in [0.3, 0.4) is 0 Å². The van der Waals surface area contributed by atoms with E-state index in [2.05, 4.69) is 31.2 Å². The second-order valence-corrected chi connectivity index (χ2v) is 4.65. The number of aromatic nitrogens is 2. The Kier molecular flexibility index (Phi) is 3.23. The summed E-state index contributed by atoms with van der Waals surface area (Å²) in [5.41, 5.74) is 1.30. The number of imidazole rings is 1. The molecule has 0 saturated heterocycles. The maximum atomic E-state index is 4.44. The van der Waals surface area contributed by atoms with Gasteiger partial charge >= 0.3 is 0 Å². The minimum atomic E-state index is 0.697. The van der Waals surface area contributed by atoms with Crippen molar-refractivity contribution in [2.75, 3.05) is 7.05 Å². The number of nitrogens with one attached hydrogen (secondary N) is 2. The van der Waals surface area contributed by atoms with Crippen molar-refractivity contribution in [3.8, 4) is 0 Å². The van der Waals surface area contributed by atoms with Gasteiger partial charge in [0.25, 0.3) is 0 Å². The van der Waals surface area contributed by atoms with Gasteiger partial charge in [-0.25, -0.2) is 4.98 Å². The zero-order valence-corrected chi connectivity index (χ0v) is 10.0. The third-order valence-electron chi connectivity index (χ3n) is 2.84. The molecule has 1 saturated carbocycles. The number of hydrogen-bond donors (Lipinski definition) is 2. The molecule has 0 atom stereocenters. The molecule has 0 bridgehead atoms. The van der Waals surface area contributed by atoms with Crippen LogP contribution in [0.2, 0.25) is 0 Å². The minimum absolute atomic E-state index is 0.697. The van der Waals surface area contributed by atoms with Gasteiger partial charge in [0.05, 0.1) is 12.2 Å². The van der Waals surface area contributed by atoms with Gasteiger partial charge in [0.15, 0.2) is 0 Å². The predicted octanol–water partition coefficient (Wildman–Crippen LogP) is 2.55. The first-order valence-electron chi connectivity index (χ1n) is 5.20. The van der Waals surface area contributed by atoms with Crippen molar-refractivity contribution < 1.29 is 0 Å². The normalized spacial score (nSPS) is 17.9. The van der Waals surface area contributed by atoms with E-state index in [0.29, 0.717) is 5.92 Å². The van der Waals surface area contributed by atoms with Crippen LogP contribution >= 0.6 is 15.9 Å². The predicted molar refractivity (Wildman–Crippen MR) is 60.3 cm³/mol. The van der Waals surface area contributed by atoms with Gasteiger partial charge in [-0.05, 0) is 35.8 Å². The van der Waals surface area contributed by atoms with Crippen molar-refractivity contribution in [2.24, 2.45) is 0 Å². The molecule has 1 heterocycles. The molecule has 1 aliphatic rings. The van der Waals surface area contributed by atoms with E-state index in [9.17, 15) is 0 Å². The Bertz CT molecular complexity index is 302. The standard InChI is InChI=1S/C10H16BrN3/c1-12-6-8-13-9(10(11)14-8)7-4-2-3-5-7/h7,12H,2-6H2,1H3,(H,13,14). The highest BCUT2D eigenvalue weighted by Gasteiger charge is 2.21. The molecule has 1 fully saturated rings. The molecule has 3 nitrogen and oxygen atoms in total. The first kappa shape index (κ1) is 10.2. The third-order valence-corrected chi connectivity index (χ3v) is 3.45. The van der Waals surface area contributed by atoms with E-state index in [1.165, 1.54) is 31.4 Å². The Morgan fingerprint density at radius 2 is 2.21 bits per heavy atom. The van der Waals surface area contributed by atoms with E-state index in [1.807, 2.05) is 7.05 Å². The van der Waals surface area contributed by atoms with E-state index in [0.717, 1.165) is 17.0 Å². The van der Waals surface area contributed by atoms with Crippen molar-refractivity contribution in [3.05, 3.63) is 16.1 Å². The van der Waals surface area contributed by atoms with Gasteiger partial charge in [0.1, 0.15) is 10.4 Å². The molecule has 2 N–H and O–H groups in total. The third kappa shape index (κ3) is 2.01. The average Bonchev–Trinajstić information content (AvgIpc) is 2.74. The molecule has 0 radical (unpaired) electrons. The van der Waals surface area contributed by atoms with Gasteiger partial charge in [-0.15, -0.1) is 0 Å². The van der Waals surface area contributed by atoms with E-state index >= 15 is 0 Å². The van der Waals surface area contributed by atoms with Gasteiger partial charge in [0.2, 0.25) is 0 Å². The van der Waals surface area contributed by atoms with E-state index in [4.69, 9.17) is 0 Å². The Labute approximate surface area is 92.8 Å². The summed E-state index contributed by atoms with van der Waals surface area (Å²) in [6, 6.07) is 0. The van der Waals surface area contributed by atoms with Gasteiger partial charge in [-0.3, -0.25) is 0 Å². The molecule has 4 heteroatoms. The molecular formula is C10H16BrN3. The highest BCUT2D eigenvalue weighted by atomic mass is 79.9. The van der Waals surface area contributed by atoms with Crippen molar-refractivity contribution >= 4 is 15.9 Å². The van der Waals surface area contributed by atoms with Gasteiger partial charge in [-0.1, -0.05) is 12.8 Å². The largest absolute Gasteiger partial charge is 0.344 e. The molecule has 1 aromatic heterocycles. The van der Waals surface area contributed by atoms with Crippen molar-refractivity contribution in [2.45, 2.75) is 38.1 Å². The number of halogens is 1. The van der Waals surface area contributed by atoms with Crippen LogP contribution in [-0.2, 0) is 6.54 Å². The van der Waals surface area contributed by atoms with Gasteiger partial charge in [-0.2, -0.15) is 0 Å². The summed E-state index contributed by atoms with van der Waals surface area (Å²) in [5, 5.41) is 3.10. The fourth-order valence-corrected chi connectivity index (χ4v) is 2.79. The van der Waals surface area contributed by atoms with E-state index < -0.39 is 0 Å². The van der Waals surface area contributed by atoms with Crippen molar-refractivity contribution in [1.82, 2.24) is 15.3 Å². The van der Waals surface area contributed by atoms with Crippen LogP contribution in [0.15, 0.2) is 4.60 Å². The first-order valence-corrected chi connectivity index (χ1v) is 5.99. The Morgan fingerprint density at radius 1 is 1.50 bits per heavy atom. The molecule has 0 aliphatic heterocycles. The lowest BCUT2D eigenvalue weighted by Crippen LogP contribution is -2.06. The molecule has 1 aliphatic carbocycles. The monoisotopic (exact) mass is 257 g/mol. The number of nitrogens with zero attached hydrogens (tertiary/aromatic N) is 1. The fraction of sp³-hybridized carbons (Fsp3) is 0.700. The summed E-state index contributed by atoms with van der Waals surface area (Å²) < 4.78 is 1.01. The minimum Gasteiger partial charge on any atom is -0.344 e. The van der Waals surface area contributed by atoms with Crippen LogP contribution in [0.5, 0.6) is 0 Å². The molecule has 0 amide bonds. The number of rotatable bonds is 3. The Morgan fingerprint density at radius 3 is 2.86 bits per heavy atom. The summed E-state index contributed by atoms with van der Waals surface area (Å²) in [5.74, 6) is 1.73. The van der Waals surface area contributed by atoms with Gasteiger partial charge < -0.3 is 10.3 Å². The highest BCUT2D eigenvalue weighted by molar-refractivity contribution is 9.10.